The van der Waals surface area contributed by atoms with Crippen molar-refractivity contribution in [2.75, 3.05) is 10.6 Å². The summed E-state index contributed by atoms with van der Waals surface area (Å²) in [6, 6.07) is 2.73. The van der Waals surface area contributed by atoms with E-state index in [-0.39, 0.29) is 23.2 Å². The number of amides is 1. The minimum absolute atomic E-state index is 0.0247. The maximum atomic E-state index is 13.9. The van der Waals surface area contributed by atoms with Gasteiger partial charge in [0, 0.05) is 11.3 Å². The molecule has 7 nitrogen and oxygen atoms in total. The van der Waals surface area contributed by atoms with Gasteiger partial charge in [-0.25, -0.2) is 4.68 Å². The fourth-order valence-corrected chi connectivity index (χ4v) is 6.38. The third kappa shape index (κ3) is 4.28. The minimum atomic E-state index is -4.56. The lowest BCUT2D eigenvalue weighted by Crippen LogP contribution is -2.36. The second kappa shape index (κ2) is 8.69. The van der Waals surface area contributed by atoms with Gasteiger partial charge < -0.3 is 15.1 Å². The zero-order chi connectivity index (χ0) is 25.8. The molecule has 0 aromatic carbocycles. The van der Waals surface area contributed by atoms with E-state index < -0.39 is 24.2 Å². The molecule has 0 bridgehead atoms. The molecule has 2 aliphatic rings. The Hall–Kier alpha value is -3.26. The van der Waals surface area contributed by atoms with Gasteiger partial charge >= 0.3 is 6.18 Å². The lowest BCUT2D eigenvalue weighted by molar-refractivity contribution is -0.174. The Kier molecular flexibility index (Phi) is 5.90. The Bertz CT molecular complexity index is 1330. The van der Waals surface area contributed by atoms with Crippen molar-refractivity contribution in [3.05, 3.63) is 51.9 Å². The average Bonchev–Trinajstić information content (AvgIpc) is 3.54. The van der Waals surface area contributed by atoms with Crippen LogP contribution in [0.5, 0.6) is 0 Å². The van der Waals surface area contributed by atoms with E-state index in [2.05, 4.69) is 42.6 Å². The van der Waals surface area contributed by atoms with Crippen LogP contribution < -0.4 is 10.6 Å². The summed E-state index contributed by atoms with van der Waals surface area (Å²) in [5.41, 5.74) is 1.50. The fourth-order valence-electron chi connectivity index (χ4n) is 5.11. The number of anilines is 2. The second-order valence-electron chi connectivity index (χ2n) is 10.4. The number of alkyl halides is 3. The highest BCUT2D eigenvalue weighted by Crippen LogP contribution is 2.46. The normalized spacial score (nSPS) is 21.8. The van der Waals surface area contributed by atoms with Crippen LogP contribution in [0, 0.1) is 22.7 Å². The quantitative estimate of drug-likeness (QED) is 0.415. The Morgan fingerprint density at radius 2 is 2.14 bits per heavy atom. The largest absolute Gasteiger partial charge is 0.467 e. The van der Waals surface area contributed by atoms with Crippen molar-refractivity contribution in [3.8, 4) is 6.07 Å². The minimum Gasteiger partial charge on any atom is -0.467 e. The Morgan fingerprint density at radius 3 is 2.78 bits per heavy atom. The van der Waals surface area contributed by atoms with Crippen molar-refractivity contribution in [2.45, 2.75) is 64.7 Å². The smallest absolute Gasteiger partial charge is 0.410 e. The van der Waals surface area contributed by atoms with Crippen LogP contribution in [0.3, 0.4) is 0 Å². The molecule has 5 rings (SSSR count). The van der Waals surface area contributed by atoms with E-state index in [9.17, 15) is 23.2 Å². The van der Waals surface area contributed by atoms with Gasteiger partial charge in [-0.05, 0) is 48.3 Å². The van der Waals surface area contributed by atoms with E-state index in [1.807, 2.05) is 0 Å². The highest BCUT2D eigenvalue weighted by molar-refractivity contribution is 7.16. The van der Waals surface area contributed by atoms with Gasteiger partial charge in [0.2, 0.25) is 0 Å². The number of nitrogens with zero attached hydrogens (tertiary/aromatic N) is 3. The van der Waals surface area contributed by atoms with E-state index in [0.717, 1.165) is 40.6 Å². The zero-order valence-electron chi connectivity index (χ0n) is 20.1. The summed E-state index contributed by atoms with van der Waals surface area (Å²) >= 11 is 1.38. The predicted molar refractivity (Wildman–Crippen MR) is 129 cm³/mol. The summed E-state index contributed by atoms with van der Waals surface area (Å²) in [5.74, 6) is 0.153. The van der Waals surface area contributed by atoms with Crippen molar-refractivity contribution in [1.29, 1.82) is 5.26 Å². The molecule has 36 heavy (non-hydrogen) atoms. The standard InChI is InChI=1S/C25H26F3N5O2S/c1-24(2,3)13-6-7-14-15(11-29)23(36-19(14)9-13)32-22(34)16-12-30-33-20(25(26,27)28)10-17(31-21(16)33)18-5-4-8-35-18/h4-5,8,12-13,17,20,31H,6-7,9-10H2,1-3H3,(H,32,34)/t13-,17+,20+/m1/s1. The van der Waals surface area contributed by atoms with Gasteiger partial charge in [0.05, 0.1) is 24.1 Å². The van der Waals surface area contributed by atoms with E-state index >= 15 is 0 Å². The van der Waals surface area contributed by atoms with Crippen LogP contribution in [0.4, 0.5) is 24.0 Å². The van der Waals surface area contributed by atoms with Crippen molar-refractivity contribution in [2.24, 2.45) is 11.3 Å². The topological polar surface area (TPSA) is 95.9 Å². The molecule has 0 spiro atoms. The summed E-state index contributed by atoms with van der Waals surface area (Å²) in [6.45, 7) is 6.60. The van der Waals surface area contributed by atoms with Crippen LogP contribution in [0.1, 0.15) is 77.8 Å². The van der Waals surface area contributed by atoms with E-state index in [0.29, 0.717) is 22.2 Å². The molecule has 3 aromatic rings. The van der Waals surface area contributed by atoms with E-state index in [1.54, 1.807) is 12.1 Å². The first-order valence-corrected chi connectivity index (χ1v) is 12.6. The van der Waals surface area contributed by atoms with Crippen molar-refractivity contribution in [3.63, 3.8) is 0 Å². The monoisotopic (exact) mass is 517 g/mol. The van der Waals surface area contributed by atoms with Crippen molar-refractivity contribution in [1.82, 2.24) is 9.78 Å². The molecule has 0 radical (unpaired) electrons. The van der Waals surface area contributed by atoms with Gasteiger partial charge in [-0.15, -0.1) is 11.3 Å². The van der Waals surface area contributed by atoms with Gasteiger partial charge in [0.1, 0.15) is 28.2 Å². The molecule has 1 aliphatic carbocycles. The van der Waals surface area contributed by atoms with Crippen molar-refractivity contribution >= 4 is 28.1 Å². The summed E-state index contributed by atoms with van der Waals surface area (Å²) in [7, 11) is 0. The lowest BCUT2D eigenvalue weighted by Gasteiger charge is -2.33. The fraction of sp³-hybridized carbons (Fsp3) is 0.480. The number of hydrogen-bond acceptors (Lipinski definition) is 6. The summed E-state index contributed by atoms with van der Waals surface area (Å²) < 4.78 is 47.8. The van der Waals surface area contributed by atoms with Gasteiger partial charge in [-0.2, -0.15) is 23.5 Å². The molecular formula is C25H26F3N5O2S. The number of carbonyl (C=O) groups is 1. The first kappa shape index (κ1) is 24.4. The average molecular weight is 518 g/mol. The number of rotatable bonds is 3. The maximum Gasteiger partial charge on any atom is 0.410 e. The highest BCUT2D eigenvalue weighted by Gasteiger charge is 2.48. The highest BCUT2D eigenvalue weighted by atomic mass is 32.1. The zero-order valence-corrected chi connectivity index (χ0v) is 20.9. The molecule has 0 saturated heterocycles. The Morgan fingerprint density at radius 1 is 1.36 bits per heavy atom. The molecule has 2 N–H and O–H groups in total. The van der Waals surface area contributed by atoms with Crippen LogP contribution >= 0.6 is 11.3 Å². The first-order chi connectivity index (χ1) is 17.0. The first-order valence-electron chi connectivity index (χ1n) is 11.8. The summed E-state index contributed by atoms with van der Waals surface area (Å²) in [6.07, 6.45) is 0.195. The summed E-state index contributed by atoms with van der Waals surface area (Å²) in [5, 5.41) is 20.0. The molecule has 3 aromatic heterocycles. The SMILES string of the molecule is CC(C)(C)[C@@H]1CCc2c(sc(NC(=O)c3cnn4c3N[C@H](c3ccco3)C[C@H]4C(F)(F)F)c2C#N)C1. The van der Waals surface area contributed by atoms with Crippen molar-refractivity contribution < 1.29 is 22.4 Å². The molecule has 0 saturated carbocycles. The van der Waals surface area contributed by atoms with Crippen LogP contribution in [0.2, 0.25) is 0 Å². The van der Waals surface area contributed by atoms with Gasteiger partial charge in [-0.3, -0.25) is 4.79 Å². The van der Waals surface area contributed by atoms with Crippen LogP contribution in [-0.4, -0.2) is 21.9 Å². The molecule has 0 fully saturated rings. The molecule has 1 aliphatic heterocycles. The number of nitrogens with one attached hydrogen (secondary N) is 2. The van der Waals surface area contributed by atoms with Crippen LogP contribution in [-0.2, 0) is 12.8 Å². The van der Waals surface area contributed by atoms with E-state index in [4.69, 9.17) is 4.42 Å². The number of nitriles is 1. The number of thiophene rings is 1. The molecule has 3 atom stereocenters. The molecule has 11 heteroatoms. The number of halogens is 3. The summed E-state index contributed by atoms with van der Waals surface area (Å²) in [4.78, 5) is 14.4. The molecule has 0 unspecified atom stereocenters. The lowest BCUT2D eigenvalue weighted by atomic mass is 9.72. The number of hydrogen-bond donors (Lipinski definition) is 2. The number of carbonyl (C=O) groups excluding carboxylic acids is 1. The molecule has 190 valence electrons. The Labute approximate surface area is 210 Å². The van der Waals surface area contributed by atoms with E-state index in [1.165, 1.54) is 17.6 Å². The predicted octanol–water partition coefficient (Wildman–Crippen LogP) is 6.47. The van der Waals surface area contributed by atoms with Gasteiger partial charge in [-0.1, -0.05) is 20.8 Å². The van der Waals surface area contributed by atoms with Crippen LogP contribution in [0.25, 0.3) is 0 Å². The molecule has 1 amide bonds. The third-order valence-corrected chi connectivity index (χ3v) is 8.37. The number of aromatic nitrogens is 2. The molecule has 4 heterocycles. The van der Waals surface area contributed by atoms with Gasteiger partial charge in [0.15, 0.2) is 6.04 Å². The number of furan rings is 1. The number of fused-ring (bicyclic) bond motifs is 2. The third-order valence-electron chi connectivity index (χ3n) is 7.20. The maximum absolute atomic E-state index is 13.9. The Balaban J connectivity index is 1.45. The van der Waals surface area contributed by atoms with Gasteiger partial charge in [0.25, 0.3) is 5.91 Å². The molecular weight excluding hydrogens is 491 g/mol. The second-order valence-corrected chi connectivity index (χ2v) is 11.5. The van der Waals surface area contributed by atoms with Crippen LogP contribution in [0.15, 0.2) is 29.0 Å².